The van der Waals surface area contributed by atoms with Gasteiger partial charge in [-0.1, -0.05) is 0 Å². The highest BCUT2D eigenvalue weighted by molar-refractivity contribution is 5.85. The van der Waals surface area contributed by atoms with E-state index in [1.807, 2.05) is 0 Å². The number of nitrogens with one attached hydrogen (secondary N) is 1. The third-order valence-corrected chi connectivity index (χ3v) is 4.51. The highest BCUT2D eigenvalue weighted by Crippen LogP contribution is 2.20. The number of nitrogens with zero attached hydrogens (tertiary/aromatic N) is 1. The minimum atomic E-state index is -0.284. The average molecular weight is 356 g/mol. The number of hydrogen-bond acceptors (Lipinski definition) is 4. The van der Waals surface area contributed by atoms with Gasteiger partial charge in [0.2, 0.25) is 5.91 Å². The van der Waals surface area contributed by atoms with E-state index in [1.54, 1.807) is 0 Å². The van der Waals surface area contributed by atoms with Gasteiger partial charge in [0.1, 0.15) is 6.10 Å². The van der Waals surface area contributed by atoms with E-state index in [2.05, 4.69) is 24.1 Å². The van der Waals surface area contributed by atoms with Crippen molar-refractivity contribution < 1.29 is 9.53 Å². The molecular weight excluding hydrogens is 325 g/mol. The molecule has 0 aliphatic carbocycles. The van der Waals surface area contributed by atoms with Crippen LogP contribution < -0.4 is 11.1 Å². The Kier molecular flexibility index (Phi) is 10.6. The number of halogens is 2. The van der Waals surface area contributed by atoms with E-state index in [1.165, 1.54) is 19.4 Å². The molecule has 2 rings (SSSR count). The Balaban J connectivity index is 0.00000220. The maximum absolute atomic E-state index is 12.1. The molecule has 3 atom stereocenters. The molecule has 2 saturated heterocycles. The Labute approximate surface area is 146 Å². The first-order valence-corrected chi connectivity index (χ1v) is 7.97. The minimum absolute atomic E-state index is 0. The summed E-state index contributed by atoms with van der Waals surface area (Å²) in [5.41, 5.74) is 5.57. The van der Waals surface area contributed by atoms with Crippen molar-refractivity contribution in [2.75, 3.05) is 26.2 Å². The van der Waals surface area contributed by atoms with Crippen LogP contribution in [-0.2, 0) is 9.53 Å². The number of rotatable bonds is 5. The molecule has 0 radical (unpaired) electrons. The summed E-state index contributed by atoms with van der Waals surface area (Å²) in [7, 11) is 0. The Bertz CT molecular complexity index is 332. The number of nitrogens with two attached hydrogens (primary N) is 1. The molecule has 7 heteroatoms. The molecule has 0 spiro atoms. The summed E-state index contributed by atoms with van der Waals surface area (Å²) in [6.45, 7) is 8.03. The van der Waals surface area contributed by atoms with Crippen LogP contribution in [-0.4, -0.2) is 55.2 Å². The fourth-order valence-electron chi connectivity index (χ4n) is 3.16. The van der Waals surface area contributed by atoms with Crippen molar-refractivity contribution in [2.45, 2.75) is 57.8 Å². The van der Waals surface area contributed by atoms with Gasteiger partial charge in [-0.2, -0.15) is 0 Å². The highest BCUT2D eigenvalue weighted by Gasteiger charge is 2.30. The van der Waals surface area contributed by atoms with Crippen LogP contribution >= 0.6 is 24.8 Å². The molecule has 5 nitrogen and oxygen atoms in total. The van der Waals surface area contributed by atoms with Gasteiger partial charge in [-0.25, -0.2) is 0 Å². The van der Waals surface area contributed by atoms with Crippen molar-refractivity contribution in [1.82, 2.24) is 10.2 Å². The third kappa shape index (κ3) is 6.20. The molecule has 0 aromatic carbocycles. The average Bonchev–Trinajstić information content (AvgIpc) is 2.94. The van der Waals surface area contributed by atoms with Crippen LogP contribution in [0.25, 0.3) is 0 Å². The molecule has 0 aromatic rings. The standard InChI is InChI=1S/C15H29N3O2.2ClH/c1-11(2)18-7-3-4-12(10-18)9-17-15(19)14-6-5-13(8-16)20-14;;/h11-14H,3-10,16H2,1-2H3,(H,17,19);2*1H/t12?,13-,14+;;/m1../s1. The van der Waals surface area contributed by atoms with Crippen LogP contribution in [0.1, 0.15) is 39.5 Å². The van der Waals surface area contributed by atoms with Gasteiger partial charge in [0.25, 0.3) is 0 Å². The molecule has 22 heavy (non-hydrogen) atoms. The van der Waals surface area contributed by atoms with Crippen molar-refractivity contribution >= 4 is 30.7 Å². The van der Waals surface area contributed by atoms with Crippen LogP contribution in [0.4, 0.5) is 0 Å². The Morgan fingerprint density at radius 2 is 2.05 bits per heavy atom. The Morgan fingerprint density at radius 1 is 1.32 bits per heavy atom. The summed E-state index contributed by atoms with van der Waals surface area (Å²) in [6, 6.07) is 0.594. The summed E-state index contributed by atoms with van der Waals surface area (Å²) in [5.74, 6) is 0.615. The first-order valence-electron chi connectivity index (χ1n) is 7.97. The van der Waals surface area contributed by atoms with Gasteiger partial charge in [0, 0.05) is 25.7 Å². The summed E-state index contributed by atoms with van der Waals surface area (Å²) in [6.07, 6.45) is 3.93. The highest BCUT2D eigenvalue weighted by atomic mass is 35.5. The number of piperidine rings is 1. The van der Waals surface area contributed by atoms with Gasteiger partial charge in [-0.15, -0.1) is 24.8 Å². The minimum Gasteiger partial charge on any atom is -0.364 e. The van der Waals surface area contributed by atoms with Gasteiger partial charge in [-0.05, 0) is 52.0 Å². The second-order valence-electron chi connectivity index (χ2n) is 6.40. The second-order valence-corrected chi connectivity index (χ2v) is 6.40. The zero-order chi connectivity index (χ0) is 14.5. The number of likely N-dealkylation sites (tertiary alicyclic amines) is 1. The third-order valence-electron chi connectivity index (χ3n) is 4.51. The topological polar surface area (TPSA) is 67.6 Å². The molecule has 2 fully saturated rings. The smallest absolute Gasteiger partial charge is 0.249 e. The van der Waals surface area contributed by atoms with Crippen molar-refractivity contribution in [2.24, 2.45) is 11.7 Å². The molecule has 0 saturated carbocycles. The molecule has 0 aromatic heterocycles. The maximum Gasteiger partial charge on any atom is 0.249 e. The van der Waals surface area contributed by atoms with Crippen molar-refractivity contribution in [3.8, 4) is 0 Å². The van der Waals surface area contributed by atoms with Crippen molar-refractivity contribution in [3.63, 3.8) is 0 Å². The van der Waals surface area contributed by atoms with Crippen LogP contribution in [0.5, 0.6) is 0 Å². The number of ether oxygens (including phenoxy) is 1. The number of carbonyl (C=O) groups excluding carboxylic acids is 1. The van der Waals surface area contributed by atoms with E-state index in [-0.39, 0.29) is 42.9 Å². The van der Waals surface area contributed by atoms with Crippen LogP contribution in [0.2, 0.25) is 0 Å². The van der Waals surface area contributed by atoms with Crippen LogP contribution in [0, 0.1) is 5.92 Å². The Hall–Kier alpha value is -0.0700. The fourth-order valence-corrected chi connectivity index (χ4v) is 3.16. The SMILES string of the molecule is CC(C)N1CCCC(CNC(=O)[C@@H]2CC[C@H](CN)O2)C1.Cl.Cl. The molecule has 132 valence electrons. The number of amides is 1. The van der Waals surface area contributed by atoms with E-state index in [0.717, 1.165) is 25.9 Å². The normalized spacial score (nSPS) is 28.8. The van der Waals surface area contributed by atoms with Crippen molar-refractivity contribution in [3.05, 3.63) is 0 Å². The summed E-state index contributed by atoms with van der Waals surface area (Å²) in [5, 5.41) is 3.07. The fraction of sp³-hybridized carbons (Fsp3) is 0.933. The summed E-state index contributed by atoms with van der Waals surface area (Å²) < 4.78 is 5.62. The van der Waals surface area contributed by atoms with Gasteiger partial charge >= 0.3 is 0 Å². The zero-order valence-electron chi connectivity index (χ0n) is 13.6. The molecule has 2 aliphatic heterocycles. The lowest BCUT2D eigenvalue weighted by Crippen LogP contribution is -2.45. The van der Waals surface area contributed by atoms with E-state index >= 15 is 0 Å². The predicted octanol–water partition coefficient (Wildman–Crippen LogP) is 1.57. The summed E-state index contributed by atoms with van der Waals surface area (Å²) >= 11 is 0. The van der Waals surface area contributed by atoms with Gasteiger partial charge in [0.05, 0.1) is 6.10 Å². The molecular formula is C15H31Cl2N3O2. The summed E-state index contributed by atoms with van der Waals surface area (Å²) in [4.78, 5) is 14.6. The quantitative estimate of drug-likeness (QED) is 0.785. The predicted molar refractivity (Wildman–Crippen MR) is 93.9 cm³/mol. The van der Waals surface area contributed by atoms with E-state index in [0.29, 0.717) is 18.5 Å². The van der Waals surface area contributed by atoms with E-state index in [4.69, 9.17) is 10.5 Å². The molecule has 3 N–H and O–H groups in total. The van der Waals surface area contributed by atoms with Gasteiger partial charge in [0.15, 0.2) is 0 Å². The van der Waals surface area contributed by atoms with Crippen LogP contribution in [0.3, 0.4) is 0 Å². The van der Waals surface area contributed by atoms with Crippen LogP contribution in [0.15, 0.2) is 0 Å². The maximum atomic E-state index is 12.1. The number of carbonyl (C=O) groups is 1. The van der Waals surface area contributed by atoms with E-state index in [9.17, 15) is 4.79 Å². The largest absolute Gasteiger partial charge is 0.364 e. The molecule has 1 unspecified atom stereocenters. The molecule has 2 heterocycles. The first kappa shape index (κ1) is 21.9. The van der Waals surface area contributed by atoms with Gasteiger partial charge in [-0.3, -0.25) is 4.79 Å². The second kappa shape index (κ2) is 10.7. The molecule has 0 bridgehead atoms. The van der Waals surface area contributed by atoms with Gasteiger partial charge < -0.3 is 20.7 Å². The lowest BCUT2D eigenvalue weighted by Gasteiger charge is -2.35. The molecule has 2 aliphatic rings. The lowest BCUT2D eigenvalue weighted by atomic mass is 9.97. The monoisotopic (exact) mass is 355 g/mol. The number of hydrogen-bond donors (Lipinski definition) is 2. The lowest BCUT2D eigenvalue weighted by molar-refractivity contribution is -0.132. The van der Waals surface area contributed by atoms with E-state index < -0.39 is 0 Å². The molecule has 1 amide bonds. The Morgan fingerprint density at radius 3 is 2.64 bits per heavy atom. The zero-order valence-corrected chi connectivity index (χ0v) is 15.3. The first-order chi connectivity index (χ1) is 9.60. The van der Waals surface area contributed by atoms with Crippen molar-refractivity contribution in [1.29, 1.82) is 0 Å².